The zero-order valence-corrected chi connectivity index (χ0v) is 13.5. The fourth-order valence-electron chi connectivity index (χ4n) is 4.92. The van der Waals surface area contributed by atoms with E-state index < -0.39 is 0 Å². The first-order valence-electron chi connectivity index (χ1n) is 7.84. The molecule has 112 valence electrons. The number of amides is 1. The SMILES string of the molecule is O=C(NC(=S)NC1C2CC3CC(C2)CC1C3)c1cccs1. The molecule has 1 heterocycles. The van der Waals surface area contributed by atoms with Crippen molar-refractivity contribution >= 4 is 34.6 Å². The summed E-state index contributed by atoms with van der Waals surface area (Å²) in [5.41, 5.74) is 0. The van der Waals surface area contributed by atoms with Crippen molar-refractivity contribution in [2.75, 3.05) is 0 Å². The van der Waals surface area contributed by atoms with Crippen LogP contribution in [0.25, 0.3) is 0 Å². The molecule has 4 bridgehead atoms. The van der Waals surface area contributed by atoms with Crippen molar-refractivity contribution < 1.29 is 4.79 Å². The van der Waals surface area contributed by atoms with E-state index in [4.69, 9.17) is 12.2 Å². The molecule has 0 radical (unpaired) electrons. The fraction of sp³-hybridized carbons (Fsp3) is 0.625. The van der Waals surface area contributed by atoms with E-state index in [9.17, 15) is 4.79 Å². The maximum atomic E-state index is 12.0. The Balaban J connectivity index is 1.38. The summed E-state index contributed by atoms with van der Waals surface area (Å²) in [6.07, 6.45) is 6.87. The molecule has 4 saturated carbocycles. The molecule has 0 atom stereocenters. The van der Waals surface area contributed by atoms with Crippen molar-refractivity contribution in [2.24, 2.45) is 23.7 Å². The van der Waals surface area contributed by atoms with Gasteiger partial charge in [-0.2, -0.15) is 0 Å². The van der Waals surface area contributed by atoms with Crippen molar-refractivity contribution in [3.8, 4) is 0 Å². The standard InChI is InChI=1S/C16H20N2OS2/c19-15(13-2-1-3-21-13)18-16(20)17-14-11-5-9-4-10(7-11)8-12(14)6-9/h1-3,9-12,14H,4-8H2,(H2,17,18,19,20). The summed E-state index contributed by atoms with van der Waals surface area (Å²) in [5.74, 6) is 3.35. The zero-order chi connectivity index (χ0) is 14.4. The van der Waals surface area contributed by atoms with Crippen LogP contribution >= 0.6 is 23.6 Å². The Bertz CT molecular complexity index is 527. The Morgan fingerprint density at radius 1 is 1.14 bits per heavy atom. The van der Waals surface area contributed by atoms with Gasteiger partial charge in [-0.15, -0.1) is 11.3 Å². The molecule has 1 aromatic heterocycles. The number of carbonyl (C=O) groups excluding carboxylic acids is 1. The summed E-state index contributed by atoms with van der Waals surface area (Å²) < 4.78 is 0. The van der Waals surface area contributed by atoms with Crippen LogP contribution in [0.5, 0.6) is 0 Å². The number of thiophene rings is 1. The third kappa shape index (κ3) is 2.61. The van der Waals surface area contributed by atoms with Gasteiger partial charge in [0.1, 0.15) is 0 Å². The molecule has 0 spiro atoms. The molecule has 3 nitrogen and oxygen atoms in total. The third-order valence-electron chi connectivity index (χ3n) is 5.50. The van der Waals surface area contributed by atoms with Crippen LogP contribution < -0.4 is 10.6 Å². The number of carbonyl (C=O) groups is 1. The molecule has 5 heteroatoms. The normalized spacial score (nSPS) is 36.5. The minimum atomic E-state index is -0.0914. The van der Waals surface area contributed by atoms with Crippen LogP contribution in [0.2, 0.25) is 0 Å². The summed E-state index contributed by atoms with van der Waals surface area (Å²) >= 11 is 6.81. The van der Waals surface area contributed by atoms with Crippen LogP contribution in [-0.4, -0.2) is 17.1 Å². The third-order valence-corrected chi connectivity index (χ3v) is 6.59. The average Bonchev–Trinajstić information content (AvgIpc) is 2.96. The summed E-state index contributed by atoms with van der Waals surface area (Å²) in [7, 11) is 0. The molecule has 2 N–H and O–H groups in total. The monoisotopic (exact) mass is 320 g/mol. The van der Waals surface area contributed by atoms with Gasteiger partial charge in [0.25, 0.3) is 5.91 Å². The van der Waals surface area contributed by atoms with Crippen LogP contribution in [0.3, 0.4) is 0 Å². The van der Waals surface area contributed by atoms with E-state index in [1.807, 2.05) is 17.5 Å². The molecule has 1 amide bonds. The molecule has 0 aromatic carbocycles. The minimum absolute atomic E-state index is 0.0914. The van der Waals surface area contributed by atoms with Gasteiger partial charge in [0.05, 0.1) is 4.88 Å². The van der Waals surface area contributed by atoms with Crippen molar-refractivity contribution in [3.63, 3.8) is 0 Å². The van der Waals surface area contributed by atoms with Gasteiger partial charge >= 0.3 is 0 Å². The largest absolute Gasteiger partial charge is 0.359 e. The van der Waals surface area contributed by atoms with Crippen LogP contribution in [0.15, 0.2) is 17.5 Å². The predicted molar refractivity (Wildman–Crippen MR) is 88.4 cm³/mol. The highest BCUT2D eigenvalue weighted by Gasteiger charge is 2.48. The van der Waals surface area contributed by atoms with Gasteiger partial charge in [0.15, 0.2) is 5.11 Å². The van der Waals surface area contributed by atoms with Gasteiger partial charge in [-0.3, -0.25) is 10.1 Å². The summed E-state index contributed by atoms with van der Waals surface area (Å²) in [6, 6.07) is 4.19. The number of nitrogens with one attached hydrogen (secondary N) is 2. The lowest BCUT2D eigenvalue weighted by atomic mass is 9.54. The lowest BCUT2D eigenvalue weighted by Crippen LogP contribution is -2.57. The van der Waals surface area contributed by atoms with Gasteiger partial charge in [0.2, 0.25) is 0 Å². The minimum Gasteiger partial charge on any atom is -0.359 e. The van der Waals surface area contributed by atoms with E-state index >= 15 is 0 Å². The van der Waals surface area contributed by atoms with Crippen LogP contribution in [0.1, 0.15) is 41.8 Å². The van der Waals surface area contributed by atoms with E-state index in [2.05, 4.69) is 10.6 Å². The Hall–Kier alpha value is -0.940. The second-order valence-electron chi connectivity index (χ2n) is 6.86. The van der Waals surface area contributed by atoms with E-state index in [1.165, 1.54) is 43.4 Å². The van der Waals surface area contributed by atoms with Crippen LogP contribution in [0, 0.1) is 23.7 Å². The molecule has 4 aliphatic rings. The van der Waals surface area contributed by atoms with Gasteiger partial charge in [-0.25, -0.2) is 0 Å². The molecule has 4 aliphatic carbocycles. The summed E-state index contributed by atoms with van der Waals surface area (Å²) in [4.78, 5) is 12.7. The second-order valence-corrected chi connectivity index (χ2v) is 8.22. The average molecular weight is 320 g/mol. The van der Waals surface area contributed by atoms with E-state index in [0.717, 1.165) is 23.7 Å². The number of thiocarbonyl (C=S) groups is 1. The van der Waals surface area contributed by atoms with Gasteiger partial charge in [-0.05, 0) is 79.4 Å². The van der Waals surface area contributed by atoms with E-state index in [1.54, 1.807) is 0 Å². The number of rotatable bonds is 2. The number of hydrogen-bond acceptors (Lipinski definition) is 3. The predicted octanol–water partition coefficient (Wildman–Crippen LogP) is 3.18. The van der Waals surface area contributed by atoms with E-state index in [-0.39, 0.29) is 5.91 Å². The fourth-order valence-corrected chi connectivity index (χ4v) is 5.77. The zero-order valence-electron chi connectivity index (χ0n) is 11.9. The van der Waals surface area contributed by atoms with Gasteiger partial charge in [-0.1, -0.05) is 6.07 Å². The quantitative estimate of drug-likeness (QED) is 0.822. The van der Waals surface area contributed by atoms with Gasteiger partial charge < -0.3 is 5.32 Å². The lowest BCUT2D eigenvalue weighted by molar-refractivity contribution is -0.00692. The Morgan fingerprint density at radius 2 is 1.81 bits per heavy atom. The smallest absolute Gasteiger partial charge is 0.267 e. The highest BCUT2D eigenvalue weighted by Crippen LogP contribution is 2.53. The summed E-state index contributed by atoms with van der Waals surface area (Å²) in [5, 5.41) is 8.70. The Morgan fingerprint density at radius 3 is 2.38 bits per heavy atom. The molecule has 21 heavy (non-hydrogen) atoms. The first kappa shape index (κ1) is 13.7. The first-order chi connectivity index (χ1) is 10.2. The van der Waals surface area contributed by atoms with E-state index in [0.29, 0.717) is 16.0 Å². The number of hydrogen-bond donors (Lipinski definition) is 2. The maximum absolute atomic E-state index is 12.0. The molecular weight excluding hydrogens is 300 g/mol. The maximum Gasteiger partial charge on any atom is 0.267 e. The highest BCUT2D eigenvalue weighted by molar-refractivity contribution is 7.80. The Kier molecular flexibility index (Phi) is 3.50. The van der Waals surface area contributed by atoms with Crippen LogP contribution in [-0.2, 0) is 0 Å². The molecule has 0 unspecified atom stereocenters. The molecule has 0 saturated heterocycles. The first-order valence-corrected chi connectivity index (χ1v) is 9.13. The molecule has 4 fully saturated rings. The highest BCUT2D eigenvalue weighted by atomic mass is 32.1. The van der Waals surface area contributed by atoms with Gasteiger partial charge in [0, 0.05) is 6.04 Å². The molecule has 0 aliphatic heterocycles. The van der Waals surface area contributed by atoms with Crippen molar-refractivity contribution in [3.05, 3.63) is 22.4 Å². The second kappa shape index (κ2) is 5.36. The van der Waals surface area contributed by atoms with Crippen molar-refractivity contribution in [1.82, 2.24) is 10.6 Å². The topological polar surface area (TPSA) is 41.1 Å². The molecule has 5 rings (SSSR count). The van der Waals surface area contributed by atoms with Crippen LogP contribution in [0.4, 0.5) is 0 Å². The molecule has 1 aromatic rings. The Labute approximate surface area is 134 Å². The van der Waals surface area contributed by atoms with Crippen molar-refractivity contribution in [2.45, 2.75) is 38.1 Å². The summed E-state index contributed by atoms with van der Waals surface area (Å²) in [6.45, 7) is 0. The van der Waals surface area contributed by atoms with Crippen molar-refractivity contribution in [1.29, 1.82) is 0 Å². The molecular formula is C16H20N2OS2. The lowest BCUT2D eigenvalue weighted by Gasteiger charge is -2.54.